The molecule has 4 aromatic rings. The zero-order valence-electron chi connectivity index (χ0n) is 19.1. The summed E-state index contributed by atoms with van der Waals surface area (Å²) in [6.45, 7) is 0. The summed E-state index contributed by atoms with van der Waals surface area (Å²) in [5.74, 6) is -0.935. The Kier molecular flexibility index (Phi) is 4.71. The lowest BCUT2D eigenvalue weighted by Crippen LogP contribution is -2.62. The van der Waals surface area contributed by atoms with E-state index in [1.165, 1.54) is 11.1 Å². The van der Waals surface area contributed by atoms with Crippen LogP contribution in [0.25, 0.3) is 0 Å². The quantitative estimate of drug-likeness (QED) is 0.163. The van der Waals surface area contributed by atoms with Gasteiger partial charge in [0.05, 0.1) is 16.5 Å². The normalized spacial score (nSPS) is 28.3. The maximum absolute atomic E-state index is 13.4. The average molecular weight is 584 g/mol. The number of benzene rings is 4. The van der Waals surface area contributed by atoms with Gasteiger partial charge in [-0.05, 0) is 46.5 Å². The summed E-state index contributed by atoms with van der Waals surface area (Å²) < 4.78 is 12.0. The number of halogens is 1. The molecule has 0 radical (unpaired) electrons. The first-order valence-electron chi connectivity index (χ1n) is 12.0. The minimum atomic E-state index is -0.661. The highest BCUT2D eigenvalue weighted by Gasteiger charge is 2.83. The van der Waals surface area contributed by atoms with Gasteiger partial charge in [-0.15, -0.1) is 0 Å². The number of carbonyl (C=O) groups is 2. The lowest BCUT2D eigenvalue weighted by Gasteiger charge is -2.62. The third-order valence-corrected chi connectivity index (χ3v) is 10.1. The van der Waals surface area contributed by atoms with Crippen LogP contribution in [0.15, 0.2) is 109 Å². The first-order chi connectivity index (χ1) is 17.6. The number of ether oxygens (including phenoxy) is 2. The van der Waals surface area contributed by atoms with E-state index in [0.717, 1.165) is 11.1 Å². The summed E-state index contributed by atoms with van der Waals surface area (Å²) in [6, 6.07) is 34.7. The molecule has 36 heavy (non-hydrogen) atoms. The van der Waals surface area contributed by atoms with Crippen molar-refractivity contribution in [3.8, 4) is 0 Å². The fourth-order valence-electron chi connectivity index (χ4n) is 6.68. The van der Waals surface area contributed by atoms with Gasteiger partial charge in [-0.1, -0.05) is 108 Å². The molecule has 3 aliphatic carbocycles. The average Bonchev–Trinajstić information content (AvgIpc) is 3.06. The number of hydrogen-bond donors (Lipinski definition) is 0. The Morgan fingerprint density at radius 3 is 1.75 bits per heavy atom. The van der Waals surface area contributed by atoms with Crippen LogP contribution in [-0.4, -0.2) is 24.1 Å². The highest BCUT2D eigenvalue weighted by atomic mass is 127. The number of carbonyl (C=O) groups excluding carboxylic acids is 2. The first kappa shape index (κ1) is 21.8. The second-order valence-corrected chi connectivity index (χ2v) is 11.3. The van der Waals surface area contributed by atoms with Crippen LogP contribution in [0.3, 0.4) is 0 Å². The molecule has 3 unspecified atom stereocenters. The van der Waals surface area contributed by atoms with Crippen LogP contribution in [0.2, 0.25) is 0 Å². The Morgan fingerprint density at radius 1 is 0.611 bits per heavy atom. The van der Waals surface area contributed by atoms with Gasteiger partial charge < -0.3 is 9.47 Å². The van der Waals surface area contributed by atoms with Crippen molar-refractivity contribution >= 4 is 34.5 Å². The standard InChI is InChI=1S/C31H21IO4/c32-31-24-18-10-9-17-23(24)30(31)22-16-8-7-15-21(22)25(30)26(35-28(33)19-11-3-1-4-12-19)27(31)36-29(34)20-13-5-2-6-14-20/h1-18,25-27H/t25?,26?,27?,30-,31-/m1/s1. The monoisotopic (exact) mass is 584 g/mol. The van der Waals surface area contributed by atoms with Crippen LogP contribution >= 0.6 is 22.6 Å². The number of rotatable bonds is 4. The number of fused-ring (bicyclic) bond motifs is 4. The van der Waals surface area contributed by atoms with E-state index >= 15 is 0 Å². The predicted molar refractivity (Wildman–Crippen MR) is 143 cm³/mol. The summed E-state index contributed by atoms with van der Waals surface area (Å²) in [6.07, 6.45) is -1.30. The minimum Gasteiger partial charge on any atom is -0.454 e. The van der Waals surface area contributed by atoms with Crippen LogP contribution in [0, 0.1) is 0 Å². The van der Waals surface area contributed by atoms with Gasteiger partial charge in [0.1, 0.15) is 9.53 Å². The Labute approximate surface area is 222 Å². The molecule has 1 fully saturated rings. The Bertz CT molecular complexity index is 1520. The van der Waals surface area contributed by atoms with Crippen molar-refractivity contribution in [1.29, 1.82) is 0 Å². The largest absolute Gasteiger partial charge is 0.454 e. The molecule has 4 aromatic carbocycles. The van der Waals surface area contributed by atoms with Crippen molar-refractivity contribution in [3.05, 3.63) is 143 Å². The molecule has 0 N–H and O–H groups in total. The van der Waals surface area contributed by atoms with Crippen molar-refractivity contribution in [1.82, 2.24) is 0 Å². The molecule has 5 heteroatoms. The molecule has 3 aliphatic rings. The highest BCUT2D eigenvalue weighted by Crippen LogP contribution is 2.81. The Morgan fingerprint density at radius 2 is 1.11 bits per heavy atom. The maximum Gasteiger partial charge on any atom is 0.338 e. The predicted octanol–water partition coefficient (Wildman–Crippen LogP) is 6.18. The van der Waals surface area contributed by atoms with E-state index in [1.807, 2.05) is 48.5 Å². The van der Waals surface area contributed by atoms with Crippen molar-refractivity contribution in [2.75, 3.05) is 0 Å². The van der Waals surface area contributed by atoms with Gasteiger partial charge in [-0.25, -0.2) is 9.59 Å². The van der Waals surface area contributed by atoms with Gasteiger partial charge >= 0.3 is 11.9 Å². The molecule has 5 atom stereocenters. The zero-order valence-corrected chi connectivity index (χ0v) is 21.3. The van der Waals surface area contributed by atoms with Gasteiger partial charge in [-0.2, -0.15) is 0 Å². The lowest BCUT2D eigenvalue weighted by atomic mass is 9.43. The number of hydrogen-bond acceptors (Lipinski definition) is 4. The van der Waals surface area contributed by atoms with Crippen LogP contribution in [0.1, 0.15) is 48.9 Å². The van der Waals surface area contributed by atoms with Gasteiger partial charge in [0.25, 0.3) is 0 Å². The summed E-state index contributed by atoms with van der Waals surface area (Å²) in [5.41, 5.74) is 5.30. The Balaban J connectivity index is 1.38. The van der Waals surface area contributed by atoms with Crippen LogP contribution in [0.4, 0.5) is 0 Å². The molecular formula is C31H21IO4. The van der Waals surface area contributed by atoms with E-state index in [9.17, 15) is 9.59 Å². The van der Waals surface area contributed by atoms with E-state index in [-0.39, 0.29) is 11.3 Å². The molecule has 0 heterocycles. The second kappa shape index (κ2) is 7.77. The van der Waals surface area contributed by atoms with E-state index < -0.39 is 27.6 Å². The SMILES string of the molecule is O=C(OC1C2c3ccccc3[C@@]23c2ccccc2[C@@]3(I)C1OC(=O)c1ccccc1)c1ccccc1. The van der Waals surface area contributed by atoms with Gasteiger partial charge in [0.2, 0.25) is 0 Å². The third-order valence-electron chi connectivity index (χ3n) is 8.02. The topological polar surface area (TPSA) is 52.6 Å². The fourth-order valence-corrected chi connectivity index (χ4v) is 8.55. The second-order valence-electron chi connectivity index (χ2n) is 9.56. The summed E-state index contributed by atoms with van der Waals surface area (Å²) in [4.78, 5) is 26.7. The van der Waals surface area contributed by atoms with Crippen molar-refractivity contribution in [3.63, 3.8) is 0 Å². The molecule has 7 rings (SSSR count). The summed E-state index contributed by atoms with van der Waals surface area (Å²) >= 11 is 2.47. The van der Waals surface area contributed by atoms with Gasteiger partial charge in [0.15, 0.2) is 6.10 Å². The molecule has 0 amide bonds. The van der Waals surface area contributed by atoms with Crippen LogP contribution in [0.5, 0.6) is 0 Å². The molecule has 4 nitrogen and oxygen atoms in total. The Hall–Kier alpha value is -3.45. The van der Waals surface area contributed by atoms with Crippen molar-refractivity contribution < 1.29 is 19.1 Å². The summed E-state index contributed by atoms with van der Waals surface area (Å²) in [7, 11) is 0. The smallest absolute Gasteiger partial charge is 0.338 e. The highest BCUT2D eigenvalue weighted by molar-refractivity contribution is 14.1. The molecule has 1 saturated carbocycles. The number of alkyl halides is 1. The number of esters is 2. The third kappa shape index (κ3) is 2.59. The molecule has 0 aromatic heterocycles. The van der Waals surface area contributed by atoms with E-state index in [4.69, 9.17) is 9.47 Å². The molecule has 1 spiro atoms. The van der Waals surface area contributed by atoms with Crippen LogP contribution in [-0.2, 0) is 18.3 Å². The first-order valence-corrected chi connectivity index (χ1v) is 13.1. The van der Waals surface area contributed by atoms with E-state index in [0.29, 0.717) is 11.1 Å². The molecular weight excluding hydrogens is 563 g/mol. The minimum absolute atomic E-state index is 0.110. The molecule has 176 valence electrons. The van der Waals surface area contributed by atoms with E-state index in [2.05, 4.69) is 59.0 Å². The molecule has 0 bridgehead atoms. The zero-order chi connectivity index (χ0) is 24.5. The fraction of sp³-hybridized carbons (Fsp3) is 0.161. The molecule has 0 aliphatic heterocycles. The molecule has 0 saturated heterocycles. The van der Waals surface area contributed by atoms with Crippen molar-refractivity contribution in [2.45, 2.75) is 27.0 Å². The van der Waals surface area contributed by atoms with Gasteiger partial charge in [-0.3, -0.25) is 0 Å². The lowest BCUT2D eigenvalue weighted by molar-refractivity contribution is -0.0333. The maximum atomic E-state index is 13.4. The summed E-state index contributed by atoms with van der Waals surface area (Å²) in [5, 5.41) is 0. The van der Waals surface area contributed by atoms with E-state index in [1.54, 1.807) is 24.3 Å². The van der Waals surface area contributed by atoms with Crippen molar-refractivity contribution in [2.24, 2.45) is 0 Å². The van der Waals surface area contributed by atoms with Crippen LogP contribution < -0.4 is 0 Å². The van der Waals surface area contributed by atoms with Gasteiger partial charge in [0, 0.05) is 5.92 Å².